The Morgan fingerprint density at radius 3 is 2.17 bits per heavy atom. The Morgan fingerprint density at radius 2 is 1.57 bits per heavy atom. The van der Waals surface area contributed by atoms with Crippen LogP contribution in [0.2, 0.25) is 0 Å². The summed E-state index contributed by atoms with van der Waals surface area (Å²) in [5.74, 6) is 1.09. The largest absolute Gasteiger partial charge is 0.486 e. The summed E-state index contributed by atoms with van der Waals surface area (Å²) in [5.41, 5.74) is 0.671. The second kappa shape index (κ2) is 6.21. The number of para-hydroxylation sites is 2. The molecule has 0 amide bonds. The molecule has 23 heavy (non-hydrogen) atoms. The third-order valence-electron chi connectivity index (χ3n) is 3.16. The Balaban J connectivity index is 1.99. The van der Waals surface area contributed by atoms with Gasteiger partial charge in [0, 0.05) is 11.9 Å². The van der Waals surface area contributed by atoms with Gasteiger partial charge in [0.25, 0.3) is 5.16 Å². The van der Waals surface area contributed by atoms with Gasteiger partial charge in [0.2, 0.25) is 9.84 Å². The Kier molecular flexibility index (Phi) is 4.12. The first-order valence-electron chi connectivity index (χ1n) is 6.93. The first kappa shape index (κ1) is 15.2. The monoisotopic (exact) mass is 329 g/mol. The summed E-state index contributed by atoms with van der Waals surface area (Å²) in [4.78, 5) is 0. The summed E-state index contributed by atoms with van der Waals surface area (Å²) in [5, 5.41) is 7.70. The van der Waals surface area contributed by atoms with E-state index in [9.17, 15) is 8.42 Å². The van der Waals surface area contributed by atoms with Crippen molar-refractivity contribution in [3.8, 4) is 11.4 Å². The molecule has 3 aromatic rings. The second-order valence-corrected chi connectivity index (χ2v) is 6.85. The van der Waals surface area contributed by atoms with Crippen LogP contribution in [0.5, 0.6) is 5.75 Å². The molecule has 6 nitrogen and oxygen atoms in total. The van der Waals surface area contributed by atoms with Crippen LogP contribution in [0.1, 0.15) is 5.82 Å². The standard InChI is InChI=1S/C16H15N3O3S/c1-23(20,21)16-18-17-15(12-22-14-10-6-3-7-11-14)19(16)13-8-4-2-5-9-13/h2-11H,12H2,1H3. The highest BCUT2D eigenvalue weighted by molar-refractivity contribution is 7.90. The highest BCUT2D eigenvalue weighted by Gasteiger charge is 2.22. The van der Waals surface area contributed by atoms with Gasteiger partial charge in [0.15, 0.2) is 5.82 Å². The minimum Gasteiger partial charge on any atom is -0.486 e. The van der Waals surface area contributed by atoms with E-state index in [1.165, 1.54) is 4.57 Å². The third-order valence-corrected chi connectivity index (χ3v) is 4.09. The van der Waals surface area contributed by atoms with E-state index in [1.807, 2.05) is 48.5 Å². The number of sulfone groups is 1. The fourth-order valence-electron chi connectivity index (χ4n) is 2.13. The number of nitrogens with zero attached hydrogens (tertiary/aromatic N) is 3. The summed E-state index contributed by atoms with van der Waals surface area (Å²) in [6.45, 7) is 0.113. The van der Waals surface area contributed by atoms with Gasteiger partial charge in [-0.25, -0.2) is 8.42 Å². The van der Waals surface area contributed by atoms with Crippen LogP contribution in [0.25, 0.3) is 5.69 Å². The molecule has 0 aliphatic carbocycles. The van der Waals surface area contributed by atoms with Crippen molar-refractivity contribution in [1.29, 1.82) is 0 Å². The lowest BCUT2D eigenvalue weighted by atomic mass is 10.3. The van der Waals surface area contributed by atoms with Gasteiger partial charge in [-0.2, -0.15) is 0 Å². The number of rotatable bonds is 5. The van der Waals surface area contributed by atoms with Crippen molar-refractivity contribution in [3.63, 3.8) is 0 Å². The zero-order chi connectivity index (χ0) is 16.3. The highest BCUT2D eigenvalue weighted by atomic mass is 32.2. The Bertz CT molecular complexity index is 891. The number of aromatic nitrogens is 3. The molecule has 0 unspecified atom stereocenters. The smallest absolute Gasteiger partial charge is 0.254 e. The zero-order valence-corrected chi connectivity index (χ0v) is 13.3. The lowest BCUT2D eigenvalue weighted by molar-refractivity contribution is 0.292. The first-order valence-corrected chi connectivity index (χ1v) is 8.82. The van der Waals surface area contributed by atoms with Gasteiger partial charge < -0.3 is 4.74 Å². The molecule has 0 spiro atoms. The minimum absolute atomic E-state index is 0.102. The van der Waals surface area contributed by atoms with Gasteiger partial charge in [0.1, 0.15) is 12.4 Å². The zero-order valence-electron chi connectivity index (χ0n) is 12.5. The Hall–Kier alpha value is -2.67. The van der Waals surface area contributed by atoms with Crippen LogP contribution in [0, 0.1) is 0 Å². The molecule has 0 bridgehead atoms. The van der Waals surface area contributed by atoms with Crippen molar-refractivity contribution in [2.45, 2.75) is 11.8 Å². The maximum atomic E-state index is 12.0. The average molecular weight is 329 g/mol. The Morgan fingerprint density at radius 1 is 0.957 bits per heavy atom. The normalized spacial score (nSPS) is 11.3. The van der Waals surface area contributed by atoms with Gasteiger partial charge in [-0.15, -0.1) is 10.2 Å². The van der Waals surface area contributed by atoms with E-state index in [1.54, 1.807) is 12.1 Å². The highest BCUT2D eigenvalue weighted by Crippen LogP contribution is 2.18. The molecule has 0 saturated carbocycles. The van der Waals surface area contributed by atoms with E-state index in [-0.39, 0.29) is 11.8 Å². The van der Waals surface area contributed by atoms with Crippen LogP contribution in [0.15, 0.2) is 65.8 Å². The SMILES string of the molecule is CS(=O)(=O)c1nnc(COc2ccccc2)n1-c1ccccc1. The van der Waals surface area contributed by atoms with Crippen molar-refractivity contribution < 1.29 is 13.2 Å². The van der Waals surface area contributed by atoms with Crippen LogP contribution in [0.3, 0.4) is 0 Å². The maximum Gasteiger partial charge on any atom is 0.254 e. The molecule has 3 rings (SSSR count). The third kappa shape index (κ3) is 3.40. The van der Waals surface area contributed by atoms with Crippen LogP contribution in [-0.2, 0) is 16.4 Å². The van der Waals surface area contributed by atoms with Gasteiger partial charge >= 0.3 is 0 Å². The van der Waals surface area contributed by atoms with Gasteiger partial charge in [0.05, 0.1) is 0 Å². The fourth-order valence-corrected chi connectivity index (χ4v) is 2.87. The van der Waals surface area contributed by atoms with E-state index >= 15 is 0 Å². The minimum atomic E-state index is -3.51. The summed E-state index contributed by atoms with van der Waals surface area (Å²) in [6, 6.07) is 18.3. The van der Waals surface area contributed by atoms with Crippen LogP contribution in [-0.4, -0.2) is 29.4 Å². The van der Waals surface area contributed by atoms with Gasteiger partial charge in [-0.1, -0.05) is 36.4 Å². The van der Waals surface area contributed by atoms with Crippen LogP contribution < -0.4 is 4.74 Å². The van der Waals surface area contributed by atoms with Crippen molar-refractivity contribution in [2.75, 3.05) is 6.26 Å². The molecule has 0 radical (unpaired) electrons. The molecule has 0 atom stereocenters. The topological polar surface area (TPSA) is 74.1 Å². The average Bonchev–Trinajstić information content (AvgIpc) is 2.99. The number of hydrogen-bond acceptors (Lipinski definition) is 5. The molecule has 0 aliphatic rings. The molecule has 1 aromatic heterocycles. The summed E-state index contributed by atoms with van der Waals surface area (Å²) in [6.07, 6.45) is 1.11. The maximum absolute atomic E-state index is 12.0. The van der Waals surface area contributed by atoms with Gasteiger partial charge in [-0.05, 0) is 24.3 Å². The lowest BCUT2D eigenvalue weighted by Crippen LogP contribution is -2.11. The number of benzene rings is 2. The molecule has 1 heterocycles. The molecule has 7 heteroatoms. The van der Waals surface area contributed by atoms with E-state index in [4.69, 9.17) is 4.74 Å². The summed E-state index contributed by atoms with van der Waals surface area (Å²) in [7, 11) is -3.51. The Labute approximate surface area is 134 Å². The van der Waals surface area contributed by atoms with E-state index in [0.29, 0.717) is 17.3 Å². The van der Waals surface area contributed by atoms with Crippen LogP contribution >= 0.6 is 0 Å². The molecule has 0 N–H and O–H groups in total. The quantitative estimate of drug-likeness (QED) is 0.718. The molecule has 0 saturated heterocycles. The molecule has 2 aromatic carbocycles. The summed E-state index contributed by atoms with van der Waals surface area (Å²) >= 11 is 0. The predicted molar refractivity (Wildman–Crippen MR) is 85.2 cm³/mol. The van der Waals surface area contributed by atoms with E-state index in [2.05, 4.69) is 10.2 Å². The van der Waals surface area contributed by atoms with Crippen molar-refractivity contribution in [3.05, 3.63) is 66.5 Å². The van der Waals surface area contributed by atoms with Crippen molar-refractivity contribution >= 4 is 9.84 Å². The van der Waals surface area contributed by atoms with Crippen LogP contribution in [0.4, 0.5) is 0 Å². The van der Waals surface area contributed by atoms with Gasteiger partial charge in [-0.3, -0.25) is 4.57 Å². The second-order valence-electron chi connectivity index (χ2n) is 4.94. The molecule has 118 valence electrons. The predicted octanol–water partition coefficient (Wildman–Crippen LogP) is 2.25. The van der Waals surface area contributed by atoms with Crippen molar-refractivity contribution in [2.24, 2.45) is 0 Å². The molecular weight excluding hydrogens is 314 g/mol. The molecule has 0 aliphatic heterocycles. The van der Waals surface area contributed by atoms with E-state index in [0.717, 1.165) is 6.26 Å². The van der Waals surface area contributed by atoms with E-state index < -0.39 is 9.84 Å². The molecule has 0 fully saturated rings. The molecular formula is C16H15N3O3S. The van der Waals surface area contributed by atoms with Crippen molar-refractivity contribution in [1.82, 2.24) is 14.8 Å². The lowest BCUT2D eigenvalue weighted by Gasteiger charge is -2.10. The summed E-state index contributed by atoms with van der Waals surface area (Å²) < 4.78 is 31.1. The fraction of sp³-hybridized carbons (Fsp3) is 0.125. The number of ether oxygens (including phenoxy) is 1. The number of hydrogen-bond donors (Lipinski definition) is 0. The first-order chi connectivity index (χ1) is 11.1.